The lowest BCUT2D eigenvalue weighted by Crippen LogP contribution is -3.00. The zero-order valence-electron chi connectivity index (χ0n) is 5.60. The number of hydrogen-bond donors (Lipinski definition) is 1. The van der Waals surface area contributed by atoms with Gasteiger partial charge < -0.3 is 17.5 Å². The van der Waals surface area contributed by atoms with Crippen molar-refractivity contribution in [3.8, 4) is 0 Å². The van der Waals surface area contributed by atoms with Gasteiger partial charge in [-0.05, 0) is 28.4 Å². The molecule has 0 aliphatic heterocycles. The zero-order chi connectivity index (χ0) is 7.72. The molecule has 0 atom stereocenters. The lowest BCUT2D eigenvalue weighted by Gasteiger charge is -1.88. The first-order valence-corrected chi connectivity index (χ1v) is 4.27. The predicted octanol–water partition coefficient (Wildman–Crippen LogP) is -0.479. The van der Waals surface area contributed by atoms with E-state index in [1.54, 1.807) is 12.3 Å². The second kappa shape index (κ2) is 4.09. The molecule has 62 valence electrons. The summed E-state index contributed by atoms with van der Waals surface area (Å²) in [6, 6.07) is 0. The number of thiophene rings is 1. The third-order valence-electron chi connectivity index (χ3n) is 1.17. The Kier molecular flexibility index (Phi) is 4.07. The summed E-state index contributed by atoms with van der Waals surface area (Å²) in [5.41, 5.74) is 0.803. The third kappa shape index (κ3) is 2.18. The fraction of sp³-hybridized carbons (Fsp3) is 0.167. The van der Waals surface area contributed by atoms with Crippen LogP contribution in [0.5, 0.6) is 0 Å². The standard InChI is InChI=1S/C6H5BrO2S.ClH/c1-3-4(7)2-10-5(3)6(8)9;/h2H,1H3,(H,8,9);1H/p-1. The Labute approximate surface area is 82.8 Å². The van der Waals surface area contributed by atoms with Gasteiger partial charge in [0.2, 0.25) is 0 Å². The van der Waals surface area contributed by atoms with E-state index in [4.69, 9.17) is 5.11 Å². The Balaban J connectivity index is 0.000001000. The maximum absolute atomic E-state index is 10.4. The second-order valence-electron chi connectivity index (χ2n) is 1.84. The number of aromatic carboxylic acids is 1. The SMILES string of the molecule is Cc1c(Br)csc1C(=O)O.[Cl-]. The minimum Gasteiger partial charge on any atom is -1.00 e. The molecule has 5 heteroatoms. The molecule has 0 unspecified atom stereocenters. The van der Waals surface area contributed by atoms with Crippen LogP contribution in [0, 0.1) is 6.92 Å². The first kappa shape index (κ1) is 10.9. The first-order chi connectivity index (χ1) is 4.63. The van der Waals surface area contributed by atoms with Crippen molar-refractivity contribution in [3.05, 3.63) is 20.3 Å². The minimum atomic E-state index is -0.854. The summed E-state index contributed by atoms with van der Waals surface area (Å²) in [5.74, 6) is -0.854. The van der Waals surface area contributed by atoms with E-state index >= 15 is 0 Å². The molecule has 11 heavy (non-hydrogen) atoms. The lowest BCUT2D eigenvalue weighted by molar-refractivity contribution is -0.0000178. The van der Waals surface area contributed by atoms with Crippen molar-refractivity contribution in [2.75, 3.05) is 0 Å². The molecule has 0 bridgehead atoms. The van der Waals surface area contributed by atoms with Gasteiger partial charge in [0.1, 0.15) is 4.88 Å². The van der Waals surface area contributed by atoms with Crippen LogP contribution in [0.15, 0.2) is 9.85 Å². The summed E-state index contributed by atoms with van der Waals surface area (Å²) in [6.07, 6.45) is 0. The fourth-order valence-corrected chi connectivity index (χ4v) is 2.00. The smallest absolute Gasteiger partial charge is 0.346 e. The molecule has 2 nitrogen and oxygen atoms in total. The predicted molar refractivity (Wildman–Crippen MR) is 43.7 cm³/mol. The number of carboxylic acids is 1. The van der Waals surface area contributed by atoms with Crippen LogP contribution >= 0.6 is 27.3 Å². The summed E-state index contributed by atoms with van der Waals surface area (Å²) >= 11 is 4.47. The zero-order valence-corrected chi connectivity index (χ0v) is 8.76. The number of carboxylic acid groups (broad SMARTS) is 1. The van der Waals surface area contributed by atoms with E-state index < -0.39 is 5.97 Å². The van der Waals surface area contributed by atoms with Crippen molar-refractivity contribution in [3.63, 3.8) is 0 Å². The molecule has 1 aromatic heterocycles. The summed E-state index contributed by atoms with van der Waals surface area (Å²) in [6.45, 7) is 1.78. The fourth-order valence-electron chi connectivity index (χ4n) is 0.607. The Bertz CT molecular complexity index is 272. The maximum Gasteiger partial charge on any atom is 0.346 e. The van der Waals surface area contributed by atoms with E-state index in [1.807, 2.05) is 0 Å². The summed E-state index contributed by atoms with van der Waals surface area (Å²) < 4.78 is 0.870. The largest absolute Gasteiger partial charge is 1.00 e. The highest BCUT2D eigenvalue weighted by molar-refractivity contribution is 9.10. The van der Waals surface area contributed by atoms with Crippen LogP contribution in [0.2, 0.25) is 0 Å². The Hall–Kier alpha value is -0.0600. The average Bonchev–Trinajstić information content (AvgIpc) is 2.14. The summed E-state index contributed by atoms with van der Waals surface area (Å²) in [7, 11) is 0. The van der Waals surface area contributed by atoms with Crippen LogP contribution in [-0.2, 0) is 0 Å². The van der Waals surface area contributed by atoms with Crippen molar-refractivity contribution in [1.29, 1.82) is 0 Å². The van der Waals surface area contributed by atoms with Gasteiger partial charge >= 0.3 is 5.97 Å². The van der Waals surface area contributed by atoms with E-state index in [9.17, 15) is 4.79 Å². The van der Waals surface area contributed by atoms with E-state index in [0.717, 1.165) is 10.0 Å². The van der Waals surface area contributed by atoms with Gasteiger partial charge in [-0.2, -0.15) is 0 Å². The Morgan fingerprint density at radius 1 is 1.73 bits per heavy atom. The van der Waals surface area contributed by atoms with Gasteiger partial charge in [-0.25, -0.2) is 4.79 Å². The maximum atomic E-state index is 10.4. The average molecular weight is 257 g/mol. The molecule has 0 aromatic carbocycles. The monoisotopic (exact) mass is 255 g/mol. The molecule has 0 amide bonds. The summed E-state index contributed by atoms with van der Waals surface area (Å²) in [5, 5.41) is 10.3. The van der Waals surface area contributed by atoms with Crippen molar-refractivity contribution >= 4 is 33.2 Å². The van der Waals surface area contributed by atoms with Crippen LogP contribution in [-0.4, -0.2) is 11.1 Å². The van der Waals surface area contributed by atoms with Gasteiger partial charge in [0.25, 0.3) is 0 Å². The highest BCUT2D eigenvalue weighted by Gasteiger charge is 2.10. The number of hydrogen-bond acceptors (Lipinski definition) is 2. The van der Waals surface area contributed by atoms with Gasteiger partial charge in [-0.1, -0.05) is 0 Å². The van der Waals surface area contributed by atoms with Gasteiger partial charge in [0.15, 0.2) is 0 Å². The molecule has 1 N–H and O–H groups in total. The molecule has 1 aromatic rings. The summed E-state index contributed by atoms with van der Waals surface area (Å²) in [4.78, 5) is 10.8. The Morgan fingerprint density at radius 3 is 2.45 bits per heavy atom. The van der Waals surface area contributed by atoms with Gasteiger partial charge in [0.05, 0.1) is 0 Å². The Morgan fingerprint density at radius 2 is 2.27 bits per heavy atom. The first-order valence-electron chi connectivity index (χ1n) is 2.60. The second-order valence-corrected chi connectivity index (χ2v) is 3.58. The van der Waals surface area contributed by atoms with Crippen LogP contribution in [0.1, 0.15) is 15.2 Å². The quantitative estimate of drug-likeness (QED) is 0.737. The van der Waals surface area contributed by atoms with Crippen LogP contribution in [0.4, 0.5) is 0 Å². The van der Waals surface area contributed by atoms with Crippen LogP contribution < -0.4 is 12.4 Å². The van der Waals surface area contributed by atoms with E-state index in [-0.39, 0.29) is 12.4 Å². The molecule has 0 spiro atoms. The third-order valence-corrected chi connectivity index (χ3v) is 3.37. The lowest BCUT2D eigenvalue weighted by atomic mass is 10.3. The number of rotatable bonds is 1. The normalized spacial score (nSPS) is 8.91. The molecular weight excluding hydrogens is 251 g/mol. The van der Waals surface area contributed by atoms with Gasteiger partial charge in [-0.15, -0.1) is 11.3 Å². The van der Waals surface area contributed by atoms with Crippen molar-refractivity contribution in [2.24, 2.45) is 0 Å². The minimum absolute atomic E-state index is 0. The van der Waals surface area contributed by atoms with Gasteiger partial charge in [0, 0.05) is 9.85 Å². The van der Waals surface area contributed by atoms with Crippen molar-refractivity contribution < 1.29 is 22.3 Å². The van der Waals surface area contributed by atoms with Crippen molar-refractivity contribution in [2.45, 2.75) is 6.92 Å². The number of halogens is 2. The molecule has 0 saturated carbocycles. The molecule has 1 rings (SSSR count). The molecule has 0 aliphatic carbocycles. The van der Waals surface area contributed by atoms with Gasteiger partial charge in [-0.3, -0.25) is 0 Å². The highest BCUT2D eigenvalue weighted by atomic mass is 79.9. The van der Waals surface area contributed by atoms with Crippen molar-refractivity contribution in [1.82, 2.24) is 0 Å². The van der Waals surface area contributed by atoms with Crippen LogP contribution in [0.25, 0.3) is 0 Å². The van der Waals surface area contributed by atoms with E-state index in [2.05, 4.69) is 15.9 Å². The molecule has 0 fully saturated rings. The van der Waals surface area contributed by atoms with E-state index in [1.165, 1.54) is 11.3 Å². The highest BCUT2D eigenvalue weighted by Crippen LogP contribution is 2.25. The molecule has 1 heterocycles. The topological polar surface area (TPSA) is 37.3 Å². The molecular formula is C6H5BrClO2S-. The molecule has 0 saturated heterocycles. The van der Waals surface area contributed by atoms with E-state index in [0.29, 0.717) is 4.88 Å². The molecule has 0 aliphatic rings. The molecule has 0 radical (unpaired) electrons. The van der Waals surface area contributed by atoms with Crippen LogP contribution in [0.3, 0.4) is 0 Å². The number of carbonyl (C=O) groups is 1.